The summed E-state index contributed by atoms with van der Waals surface area (Å²) in [5.41, 5.74) is 7.49. The van der Waals surface area contributed by atoms with Gasteiger partial charge in [0.25, 0.3) is 0 Å². The fourth-order valence-corrected chi connectivity index (χ4v) is 4.01. The molecule has 0 aromatic heterocycles. The van der Waals surface area contributed by atoms with Crippen molar-refractivity contribution in [3.63, 3.8) is 0 Å². The minimum Gasteiger partial charge on any atom is -0.378 e. The largest absolute Gasteiger partial charge is 0.378 e. The fourth-order valence-electron chi connectivity index (χ4n) is 3.35. The first kappa shape index (κ1) is 21.1. The highest BCUT2D eigenvalue weighted by atomic mass is 35.5. The molecule has 0 unspecified atom stereocenters. The van der Waals surface area contributed by atoms with Crippen molar-refractivity contribution in [2.45, 2.75) is 19.8 Å². The Bertz CT molecular complexity index is 816. The van der Waals surface area contributed by atoms with Gasteiger partial charge in [0.1, 0.15) is 0 Å². The van der Waals surface area contributed by atoms with E-state index in [0.717, 1.165) is 51.3 Å². The lowest BCUT2D eigenvalue weighted by Crippen LogP contribution is -2.36. The molecule has 1 saturated heterocycles. The fraction of sp³-hybridized carbons (Fsp3) is 0.400. The van der Waals surface area contributed by atoms with Crippen LogP contribution in [0.4, 0.5) is 0 Å². The molecule has 0 bridgehead atoms. The minimum atomic E-state index is 0.522. The van der Waals surface area contributed by atoms with Crippen LogP contribution in [-0.2, 0) is 4.74 Å². The van der Waals surface area contributed by atoms with Crippen LogP contribution >= 0.6 is 35.4 Å². The molecule has 28 heavy (non-hydrogen) atoms. The Kier molecular flexibility index (Phi) is 7.73. The van der Waals surface area contributed by atoms with Gasteiger partial charge in [-0.2, -0.15) is 5.10 Å². The Morgan fingerprint density at radius 1 is 1.29 bits per heavy atom. The zero-order valence-electron chi connectivity index (χ0n) is 15.8. The van der Waals surface area contributed by atoms with Crippen molar-refractivity contribution in [1.82, 2.24) is 15.6 Å². The molecule has 0 amide bonds. The van der Waals surface area contributed by atoms with Crippen LogP contribution < -0.4 is 10.7 Å². The first-order valence-corrected chi connectivity index (χ1v) is 10.5. The first-order chi connectivity index (χ1) is 13.6. The third kappa shape index (κ3) is 5.47. The number of rotatable bonds is 5. The number of thiocarbonyl (C=S) groups is 1. The quantitative estimate of drug-likeness (QED) is 0.409. The number of nitrogens with one attached hydrogen (secondary N) is 2. The molecule has 0 spiro atoms. The lowest BCUT2D eigenvalue weighted by atomic mass is 10.1. The van der Waals surface area contributed by atoms with Crippen LogP contribution in [0.2, 0.25) is 10.0 Å². The average Bonchev–Trinajstić information content (AvgIpc) is 3.07. The molecule has 1 heterocycles. The van der Waals surface area contributed by atoms with Crippen molar-refractivity contribution in [2.24, 2.45) is 5.10 Å². The Morgan fingerprint density at radius 2 is 2.07 bits per heavy atom. The highest BCUT2D eigenvalue weighted by Gasteiger charge is 2.25. The number of hydrazone groups is 1. The molecule has 150 valence electrons. The topological polar surface area (TPSA) is 48.9 Å². The van der Waals surface area contributed by atoms with Gasteiger partial charge < -0.3 is 15.0 Å². The molecule has 0 atom stereocenters. The number of hydrogen-bond donors (Lipinski definition) is 2. The second kappa shape index (κ2) is 10.3. The molecule has 0 radical (unpaired) electrons. The van der Waals surface area contributed by atoms with E-state index >= 15 is 0 Å². The smallest absolute Gasteiger partial charge is 0.186 e. The average molecular weight is 439 g/mol. The van der Waals surface area contributed by atoms with Gasteiger partial charge in [0, 0.05) is 35.4 Å². The van der Waals surface area contributed by atoms with Gasteiger partial charge in [0.2, 0.25) is 0 Å². The Balaban J connectivity index is 1.89. The van der Waals surface area contributed by atoms with E-state index in [0.29, 0.717) is 15.2 Å². The van der Waals surface area contributed by atoms with Crippen molar-refractivity contribution in [3.05, 3.63) is 50.7 Å². The number of halogens is 2. The predicted octanol–water partition coefficient (Wildman–Crippen LogP) is 4.23. The van der Waals surface area contributed by atoms with Gasteiger partial charge in [0.15, 0.2) is 5.11 Å². The lowest BCUT2D eigenvalue weighted by Gasteiger charge is -2.31. The summed E-state index contributed by atoms with van der Waals surface area (Å²) in [7, 11) is 0. The SMILES string of the molecule is CCNC(=S)N/N=C/C1=C(N2CCOCC2)C(=C\c2ccc(Cl)cc2Cl)/CC1. The molecule has 1 fully saturated rings. The summed E-state index contributed by atoms with van der Waals surface area (Å²) >= 11 is 17.6. The van der Waals surface area contributed by atoms with Gasteiger partial charge in [-0.25, -0.2) is 0 Å². The Morgan fingerprint density at radius 3 is 2.79 bits per heavy atom. The van der Waals surface area contributed by atoms with Gasteiger partial charge in [-0.1, -0.05) is 29.3 Å². The van der Waals surface area contributed by atoms with Crippen molar-refractivity contribution in [2.75, 3.05) is 32.8 Å². The van der Waals surface area contributed by atoms with E-state index in [1.807, 2.05) is 25.3 Å². The van der Waals surface area contributed by atoms with E-state index < -0.39 is 0 Å². The number of morpholine rings is 1. The summed E-state index contributed by atoms with van der Waals surface area (Å²) in [5.74, 6) is 0. The maximum atomic E-state index is 6.39. The van der Waals surface area contributed by atoms with Gasteiger partial charge in [-0.3, -0.25) is 5.43 Å². The summed E-state index contributed by atoms with van der Waals surface area (Å²) < 4.78 is 5.53. The normalized spacial score (nSPS) is 19.0. The first-order valence-electron chi connectivity index (χ1n) is 9.37. The number of hydrogen-bond acceptors (Lipinski definition) is 4. The van der Waals surface area contributed by atoms with Crippen molar-refractivity contribution in [3.8, 4) is 0 Å². The van der Waals surface area contributed by atoms with E-state index in [1.54, 1.807) is 6.07 Å². The minimum absolute atomic E-state index is 0.522. The van der Waals surface area contributed by atoms with E-state index in [9.17, 15) is 0 Å². The molecule has 1 aromatic rings. The van der Waals surface area contributed by atoms with Crippen LogP contribution in [0.15, 0.2) is 40.1 Å². The van der Waals surface area contributed by atoms with E-state index in [1.165, 1.54) is 16.8 Å². The Labute approximate surface area is 181 Å². The van der Waals surface area contributed by atoms with Crippen molar-refractivity contribution in [1.29, 1.82) is 0 Å². The number of nitrogens with zero attached hydrogens (tertiary/aromatic N) is 2. The van der Waals surface area contributed by atoms with Gasteiger partial charge in [-0.15, -0.1) is 0 Å². The van der Waals surface area contributed by atoms with Crippen LogP contribution in [0.5, 0.6) is 0 Å². The lowest BCUT2D eigenvalue weighted by molar-refractivity contribution is 0.0548. The van der Waals surface area contributed by atoms with E-state index in [-0.39, 0.29) is 0 Å². The highest BCUT2D eigenvalue weighted by Crippen LogP contribution is 2.36. The second-order valence-electron chi connectivity index (χ2n) is 6.54. The standard InChI is InChI=1S/C20H24Cl2N4OS/c1-2-23-20(28)25-24-13-16-4-3-15(19(16)26-7-9-27-10-8-26)11-14-5-6-17(21)12-18(14)22/h5-6,11-13H,2-4,7-10H2,1H3,(H2,23,25,28)/b15-11-,24-13+. The third-order valence-corrected chi connectivity index (χ3v) is 5.41. The summed E-state index contributed by atoms with van der Waals surface area (Å²) in [6.45, 7) is 5.94. The van der Waals surface area contributed by atoms with Crippen LogP contribution in [0.3, 0.4) is 0 Å². The molecule has 2 N–H and O–H groups in total. The van der Waals surface area contributed by atoms with Crippen LogP contribution in [-0.4, -0.2) is 49.1 Å². The summed E-state index contributed by atoms with van der Waals surface area (Å²) in [6.07, 6.45) is 5.88. The predicted molar refractivity (Wildman–Crippen MR) is 121 cm³/mol. The molecule has 3 rings (SSSR count). The Hall–Kier alpha value is -1.60. The highest BCUT2D eigenvalue weighted by molar-refractivity contribution is 7.80. The van der Waals surface area contributed by atoms with Gasteiger partial charge in [0.05, 0.1) is 19.4 Å². The summed E-state index contributed by atoms with van der Waals surface area (Å²) in [5, 5.41) is 9.16. The number of allylic oxidation sites excluding steroid dienone is 2. The second-order valence-corrected chi connectivity index (χ2v) is 7.79. The van der Waals surface area contributed by atoms with Gasteiger partial charge in [-0.05, 0) is 66.9 Å². The van der Waals surface area contributed by atoms with E-state index in [4.69, 9.17) is 40.2 Å². The summed E-state index contributed by atoms with van der Waals surface area (Å²) in [6, 6.07) is 5.59. The number of ether oxygens (including phenoxy) is 1. The van der Waals surface area contributed by atoms with Gasteiger partial charge >= 0.3 is 0 Å². The molecular weight excluding hydrogens is 415 g/mol. The molecular formula is C20H24Cl2N4OS. The maximum absolute atomic E-state index is 6.39. The molecule has 1 aliphatic heterocycles. The molecule has 2 aliphatic rings. The molecule has 5 nitrogen and oxygen atoms in total. The van der Waals surface area contributed by atoms with Crippen molar-refractivity contribution >= 4 is 52.8 Å². The van der Waals surface area contributed by atoms with Crippen LogP contribution in [0, 0.1) is 0 Å². The molecule has 0 saturated carbocycles. The zero-order chi connectivity index (χ0) is 19.9. The van der Waals surface area contributed by atoms with Crippen molar-refractivity contribution < 1.29 is 4.74 Å². The summed E-state index contributed by atoms with van der Waals surface area (Å²) in [4.78, 5) is 2.37. The maximum Gasteiger partial charge on any atom is 0.186 e. The monoisotopic (exact) mass is 438 g/mol. The molecule has 1 aromatic carbocycles. The zero-order valence-corrected chi connectivity index (χ0v) is 18.1. The van der Waals surface area contributed by atoms with Crippen LogP contribution in [0.25, 0.3) is 6.08 Å². The van der Waals surface area contributed by atoms with Crippen LogP contribution in [0.1, 0.15) is 25.3 Å². The van der Waals surface area contributed by atoms with E-state index in [2.05, 4.69) is 26.8 Å². The third-order valence-electron chi connectivity index (χ3n) is 4.62. The number of benzene rings is 1. The molecule has 1 aliphatic carbocycles. The molecule has 8 heteroatoms.